The van der Waals surface area contributed by atoms with Crippen LogP contribution in [0.5, 0.6) is 0 Å². The Morgan fingerprint density at radius 3 is 2.80 bits per heavy atom. The lowest BCUT2D eigenvalue weighted by Crippen LogP contribution is -2.30. The van der Waals surface area contributed by atoms with Crippen molar-refractivity contribution < 1.29 is 4.74 Å². The molecule has 1 aromatic heterocycles. The highest BCUT2D eigenvalue weighted by Gasteiger charge is 2.44. The molecule has 0 spiro atoms. The molecule has 1 saturated carbocycles. The lowest BCUT2D eigenvalue weighted by molar-refractivity contribution is -0.0565. The number of nitrogens with zero attached hydrogens (tertiary/aromatic N) is 1. The van der Waals surface area contributed by atoms with Gasteiger partial charge in [0.2, 0.25) is 0 Å². The summed E-state index contributed by atoms with van der Waals surface area (Å²) in [4.78, 5) is 4.44. The Bertz CT molecular complexity index is 308. The molecule has 1 aliphatic carbocycles. The van der Waals surface area contributed by atoms with Gasteiger partial charge in [-0.15, -0.1) is 0 Å². The first-order valence-electron chi connectivity index (χ1n) is 5.83. The Labute approximate surface area is 91.7 Å². The van der Waals surface area contributed by atoms with E-state index in [1.807, 2.05) is 18.3 Å². The molecule has 1 aromatic rings. The van der Waals surface area contributed by atoms with Crippen LogP contribution in [0.4, 0.5) is 0 Å². The van der Waals surface area contributed by atoms with E-state index in [0.29, 0.717) is 5.92 Å². The first-order chi connectivity index (χ1) is 7.27. The lowest BCUT2D eigenvalue weighted by atomic mass is 9.95. The van der Waals surface area contributed by atoms with E-state index in [1.165, 1.54) is 12.8 Å². The van der Waals surface area contributed by atoms with Gasteiger partial charge in [0.1, 0.15) is 5.60 Å². The zero-order valence-electron chi connectivity index (χ0n) is 9.57. The summed E-state index contributed by atoms with van der Waals surface area (Å²) >= 11 is 0. The van der Waals surface area contributed by atoms with E-state index in [0.717, 1.165) is 18.7 Å². The third-order valence-electron chi connectivity index (χ3n) is 3.14. The van der Waals surface area contributed by atoms with Crippen molar-refractivity contribution in [1.82, 2.24) is 4.98 Å². The number of rotatable bonds is 5. The average molecular weight is 205 g/mol. The van der Waals surface area contributed by atoms with Gasteiger partial charge in [-0.1, -0.05) is 13.0 Å². The fraction of sp³-hybridized carbons (Fsp3) is 0.615. The van der Waals surface area contributed by atoms with Gasteiger partial charge in [0.15, 0.2) is 0 Å². The van der Waals surface area contributed by atoms with Crippen LogP contribution in [-0.4, -0.2) is 11.6 Å². The van der Waals surface area contributed by atoms with Crippen LogP contribution in [0.1, 0.15) is 38.8 Å². The van der Waals surface area contributed by atoms with Crippen molar-refractivity contribution in [3.8, 4) is 0 Å². The second-order valence-corrected chi connectivity index (χ2v) is 4.44. The first kappa shape index (κ1) is 10.6. The molecule has 0 radical (unpaired) electrons. The van der Waals surface area contributed by atoms with Crippen LogP contribution in [0, 0.1) is 5.92 Å². The molecule has 0 bridgehead atoms. The number of hydrogen-bond acceptors (Lipinski definition) is 2. The van der Waals surface area contributed by atoms with Crippen molar-refractivity contribution in [3.63, 3.8) is 0 Å². The molecule has 2 nitrogen and oxygen atoms in total. The molecule has 0 N–H and O–H groups in total. The van der Waals surface area contributed by atoms with E-state index in [4.69, 9.17) is 4.74 Å². The smallest absolute Gasteiger partial charge is 0.110 e. The summed E-state index contributed by atoms with van der Waals surface area (Å²) in [6, 6.07) is 6.07. The molecular formula is C13H19NO. The van der Waals surface area contributed by atoms with Crippen LogP contribution in [0.15, 0.2) is 24.4 Å². The Kier molecular flexibility index (Phi) is 3.06. The Hall–Kier alpha value is -0.890. The lowest BCUT2D eigenvalue weighted by Gasteiger charge is -2.29. The van der Waals surface area contributed by atoms with Crippen molar-refractivity contribution in [3.05, 3.63) is 30.1 Å². The first-order valence-corrected chi connectivity index (χ1v) is 5.83. The van der Waals surface area contributed by atoms with Crippen LogP contribution in [0.3, 0.4) is 0 Å². The molecule has 1 unspecified atom stereocenters. The van der Waals surface area contributed by atoms with Crippen molar-refractivity contribution in [1.29, 1.82) is 0 Å². The van der Waals surface area contributed by atoms with Crippen LogP contribution in [-0.2, 0) is 10.3 Å². The van der Waals surface area contributed by atoms with Gasteiger partial charge in [-0.2, -0.15) is 0 Å². The van der Waals surface area contributed by atoms with E-state index >= 15 is 0 Å². The molecule has 1 aliphatic rings. The SMILES string of the molecule is CCCOC(C)(c1ccccn1)C1CC1. The van der Waals surface area contributed by atoms with Gasteiger partial charge >= 0.3 is 0 Å². The van der Waals surface area contributed by atoms with Gasteiger partial charge in [-0.25, -0.2) is 0 Å². The van der Waals surface area contributed by atoms with Crippen LogP contribution in [0.25, 0.3) is 0 Å². The zero-order chi connectivity index (χ0) is 10.7. The largest absolute Gasteiger partial charge is 0.369 e. The molecule has 0 amide bonds. The fourth-order valence-corrected chi connectivity index (χ4v) is 2.01. The minimum atomic E-state index is -0.155. The minimum absolute atomic E-state index is 0.155. The van der Waals surface area contributed by atoms with Crippen LogP contribution in [0.2, 0.25) is 0 Å². The number of aromatic nitrogens is 1. The third kappa shape index (κ3) is 2.20. The van der Waals surface area contributed by atoms with Gasteiger partial charge in [0.25, 0.3) is 0 Å². The van der Waals surface area contributed by atoms with E-state index < -0.39 is 0 Å². The second-order valence-electron chi connectivity index (χ2n) is 4.44. The van der Waals surface area contributed by atoms with E-state index in [9.17, 15) is 0 Å². The van der Waals surface area contributed by atoms with E-state index in [2.05, 4.69) is 24.9 Å². The molecule has 0 saturated heterocycles. The predicted octanol–water partition coefficient (Wildman–Crippen LogP) is 3.13. The zero-order valence-corrected chi connectivity index (χ0v) is 9.57. The molecule has 82 valence electrons. The normalized spacial score (nSPS) is 19.9. The summed E-state index contributed by atoms with van der Waals surface area (Å²) in [7, 11) is 0. The summed E-state index contributed by atoms with van der Waals surface area (Å²) in [5, 5.41) is 0. The molecule has 0 aliphatic heterocycles. The molecular weight excluding hydrogens is 186 g/mol. The Morgan fingerprint density at radius 2 is 2.27 bits per heavy atom. The fourth-order valence-electron chi connectivity index (χ4n) is 2.01. The molecule has 15 heavy (non-hydrogen) atoms. The maximum Gasteiger partial charge on any atom is 0.110 e. The van der Waals surface area contributed by atoms with E-state index in [-0.39, 0.29) is 5.60 Å². The Balaban J connectivity index is 2.18. The van der Waals surface area contributed by atoms with Crippen molar-refractivity contribution in [2.45, 2.75) is 38.7 Å². The van der Waals surface area contributed by atoms with Crippen LogP contribution < -0.4 is 0 Å². The summed E-state index contributed by atoms with van der Waals surface area (Å²) in [5.74, 6) is 0.666. The summed E-state index contributed by atoms with van der Waals surface area (Å²) in [6.07, 6.45) is 5.47. The maximum absolute atomic E-state index is 6.03. The highest BCUT2D eigenvalue weighted by atomic mass is 16.5. The highest BCUT2D eigenvalue weighted by molar-refractivity contribution is 5.16. The highest BCUT2D eigenvalue weighted by Crippen LogP contribution is 2.47. The number of hydrogen-bond donors (Lipinski definition) is 0. The number of ether oxygens (including phenoxy) is 1. The molecule has 2 rings (SSSR count). The van der Waals surface area contributed by atoms with Crippen molar-refractivity contribution in [2.75, 3.05) is 6.61 Å². The average Bonchev–Trinajstić information content (AvgIpc) is 3.11. The summed E-state index contributed by atoms with van der Waals surface area (Å²) in [6.45, 7) is 5.15. The maximum atomic E-state index is 6.03. The number of pyridine rings is 1. The monoisotopic (exact) mass is 205 g/mol. The Morgan fingerprint density at radius 1 is 1.47 bits per heavy atom. The minimum Gasteiger partial charge on any atom is -0.369 e. The van der Waals surface area contributed by atoms with Crippen molar-refractivity contribution in [2.24, 2.45) is 5.92 Å². The van der Waals surface area contributed by atoms with Gasteiger partial charge in [-0.05, 0) is 44.2 Å². The molecule has 1 heterocycles. The summed E-state index contributed by atoms with van der Waals surface area (Å²) < 4.78 is 6.03. The molecule has 1 fully saturated rings. The van der Waals surface area contributed by atoms with Crippen LogP contribution >= 0.6 is 0 Å². The van der Waals surface area contributed by atoms with Gasteiger partial charge in [-0.3, -0.25) is 4.98 Å². The van der Waals surface area contributed by atoms with E-state index in [1.54, 1.807) is 0 Å². The van der Waals surface area contributed by atoms with Gasteiger partial charge < -0.3 is 4.74 Å². The predicted molar refractivity (Wildman–Crippen MR) is 60.6 cm³/mol. The van der Waals surface area contributed by atoms with Gasteiger partial charge in [0.05, 0.1) is 5.69 Å². The quantitative estimate of drug-likeness (QED) is 0.736. The van der Waals surface area contributed by atoms with Gasteiger partial charge in [0, 0.05) is 12.8 Å². The van der Waals surface area contributed by atoms with Crippen molar-refractivity contribution >= 4 is 0 Å². The molecule has 0 aromatic carbocycles. The standard InChI is InChI=1S/C13H19NO/c1-3-10-15-13(2,11-7-8-11)12-6-4-5-9-14-12/h4-6,9,11H,3,7-8,10H2,1-2H3. The third-order valence-corrected chi connectivity index (χ3v) is 3.14. The molecule has 2 heteroatoms. The topological polar surface area (TPSA) is 22.1 Å². The molecule has 1 atom stereocenters. The summed E-state index contributed by atoms with van der Waals surface area (Å²) in [5.41, 5.74) is 0.929. The second kappa shape index (κ2) is 4.31.